The molecule has 5 heteroatoms. The standard InChI is InChI=1S/C14H12N4O/c1-8-2-3-9-6-10(4-5-12(9)17-8)13(19)11-7-16-18-14(11)15/h2-7H,1H3,(H3,15,16,18). The van der Waals surface area contributed by atoms with Gasteiger partial charge in [0, 0.05) is 16.6 Å². The molecule has 0 fully saturated rings. The summed E-state index contributed by atoms with van der Waals surface area (Å²) in [5.41, 5.74) is 8.45. The summed E-state index contributed by atoms with van der Waals surface area (Å²) < 4.78 is 0. The van der Waals surface area contributed by atoms with Crippen molar-refractivity contribution in [3.05, 3.63) is 53.3 Å². The minimum absolute atomic E-state index is 0.145. The summed E-state index contributed by atoms with van der Waals surface area (Å²) in [6.07, 6.45) is 1.44. The Morgan fingerprint density at radius 3 is 2.84 bits per heavy atom. The zero-order valence-corrected chi connectivity index (χ0v) is 10.3. The van der Waals surface area contributed by atoms with Crippen LogP contribution in [0.15, 0.2) is 36.5 Å². The van der Waals surface area contributed by atoms with Crippen molar-refractivity contribution in [1.82, 2.24) is 15.2 Å². The first kappa shape index (κ1) is 11.4. The number of carbonyl (C=O) groups excluding carboxylic acids is 1. The highest BCUT2D eigenvalue weighted by Gasteiger charge is 2.14. The molecule has 0 saturated carbocycles. The number of nitrogens with two attached hydrogens (primary N) is 1. The third-order valence-corrected chi connectivity index (χ3v) is 3.00. The van der Waals surface area contributed by atoms with Crippen LogP contribution in [0.25, 0.3) is 10.9 Å². The zero-order valence-electron chi connectivity index (χ0n) is 10.3. The number of aromatic amines is 1. The van der Waals surface area contributed by atoms with Crippen molar-refractivity contribution in [2.75, 3.05) is 5.73 Å². The summed E-state index contributed by atoms with van der Waals surface area (Å²) in [5, 5.41) is 7.25. The fourth-order valence-electron chi connectivity index (χ4n) is 2.00. The van der Waals surface area contributed by atoms with Crippen LogP contribution in [0.3, 0.4) is 0 Å². The second-order valence-corrected chi connectivity index (χ2v) is 4.39. The first-order valence-electron chi connectivity index (χ1n) is 5.86. The van der Waals surface area contributed by atoms with E-state index in [2.05, 4.69) is 15.2 Å². The van der Waals surface area contributed by atoms with Crippen LogP contribution in [0.2, 0.25) is 0 Å². The van der Waals surface area contributed by atoms with Crippen LogP contribution in [0.5, 0.6) is 0 Å². The van der Waals surface area contributed by atoms with E-state index >= 15 is 0 Å². The molecule has 3 rings (SSSR count). The van der Waals surface area contributed by atoms with E-state index in [0.717, 1.165) is 16.6 Å². The Labute approximate surface area is 109 Å². The maximum absolute atomic E-state index is 12.3. The Morgan fingerprint density at radius 1 is 1.26 bits per heavy atom. The summed E-state index contributed by atoms with van der Waals surface area (Å²) in [6, 6.07) is 9.28. The minimum atomic E-state index is -0.145. The molecule has 5 nitrogen and oxygen atoms in total. The fourth-order valence-corrected chi connectivity index (χ4v) is 2.00. The van der Waals surface area contributed by atoms with Crippen molar-refractivity contribution in [3.8, 4) is 0 Å². The van der Waals surface area contributed by atoms with Crippen LogP contribution < -0.4 is 5.73 Å². The second-order valence-electron chi connectivity index (χ2n) is 4.39. The molecule has 0 aliphatic rings. The number of carbonyl (C=O) groups is 1. The average Bonchev–Trinajstić information content (AvgIpc) is 2.83. The molecule has 2 heterocycles. The average molecular weight is 252 g/mol. The molecule has 0 aliphatic heterocycles. The zero-order chi connectivity index (χ0) is 13.4. The molecular formula is C14H12N4O. The van der Waals surface area contributed by atoms with Gasteiger partial charge in [0.25, 0.3) is 0 Å². The molecule has 0 saturated heterocycles. The summed E-state index contributed by atoms with van der Waals surface area (Å²) in [4.78, 5) is 16.7. The maximum Gasteiger partial charge on any atom is 0.198 e. The van der Waals surface area contributed by atoms with Gasteiger partial charge in [-0.2, -0.15) is 5.10 Å². The van der Waals surface area contributed by atoms with E-state index in [1.54, 1.807) is 6.07 Å². The molecule has 0 bridgehead atoms. The second kappa shape index (κ2) is 4.20. The van der Waals surface area contributed by atoms with Gasteiger partial charge in [-0.3, -0.25) is 14.9 Å². The third kappa shape index (κ3) is 1.95. The third-order valence-electron chi connectivity index (χ3n) is 3.00. The molecular weight excluding hydrogens is 240 g/mol. The number of nitrogens with zero attached hydrogens (tertiary/aromatic N) is 2. The lowest BCUT2D eigenvalue weighted by Crippen LogP contribution is -2.03. The fraction of sp³-hybridized carbons (Fsp3) is 0.0714. The molecule has 1 aromatic carbocycles. The minimum Gasteiger partial charge on any atom is -0.383 e. The van der Waals surface area contributed by atoms with Gasteiger partial charge in [-0.1, -0.05) is 6.07 Å². The smallest absolute Gasteiger partial charge is 0.198 e. The summed E-state index contributed by atoms with van der Waals surface area (Å²) in [5.74, 6) is 0.140. The number of fused-ring (bicyclic) bond motifs is 1. The molecule has 0 aliphatic carbocycles. The molecule has 2 aromatic heterocycles. The van der Waals surface area contributed by atoms with E-state index in [0.29, 0.717) is 11.1 Å². The molecule has 0 spiro atoms. The molecule has 3 aromatic rings. The highest BCUT2D eigenvalue weighted by atomic mass is 16.1. The quantitative estimate of drug-likeness (QED) is 0.684. The Balaban J connectivity index is 2.09. The van der Waals surface area contributed by atoms with Crippen LogP contribution in [0.1, 0.15) is 21.6 Å². The topological polar surface area (TPSA) is 84.7 Å². The Bertz CT molecular complexity index is 776. The number of pyridine rings is 1. The van der Waals surface area contributed by atoms with Crippen molar-refractivity contribution in [2.24, 2.45) is 0 Å². The van der Waals surface area contributed by atoms with Crippen LogP contribution >= 0.6 is 0 Å². The van der Waals surface area contributed by atoms with Gasteiger partial charge in [-0.15, -0.1) is 0 Å². The lowest BCUT2D eigenvalue weighted by atomic mass is 10.0. The van der Waals surface area contributed by atoms with E-state index in [9.17, 15) is 4.79 Å². The van der Waals surface area contributed by atoms with E-state index in [1.807, 2.05) is 31.2 Å². The van der Waals surface area contributed by atoms with Crippen LogP contribution in [0, 0.1) is 6.92 Å². The van der Waals surface area contributed by atoms with Gasteiger partial charge in [-0.05, 0) is 31.2 Å². The van der Waals surface area contributed by atoms with E-state index in [-0.39, 0.29) is 11.6 Å². The SMILES string of the molecule is Cc1ccc2cc(C(=O)c3cn[nH]c3N)ccc2n1. The van der Waals surface area contributed by atoms with Gasteiger partial charge >= 0.3 is 0 Å². The van der Waals surface area contributed by atoms with Crippen molar-refractivity contribution in [1.29, 1.82) is 0 Å². The normalized spacial score (nSPS) is 10.8. The number of rotatable bonds is 2. The van der Waals surface area contributed by atoms with Crippen molar-refractivity contribution in [3.63, 3.8) is 0 Å². The first-order valence-corrected chi connectivity index (χ1v) is 5.86. The van der Waals surface area contributed by atoms with E-state index in [1.165, 1.54) is 6.20 Å². The predicted octanol–water partition coefficient (Wildman–Crippen LogP) is 2.08. The summed E-state index contributed by atoms with van der Waals surface area (Å²) in [6.45, 7) is 1.94. The Morgan fingerprint density at radius 2 is 2.11 bits per heavy atom. The maximum atomic E-state index is 12.3. The molecule has 0 radical (unpaired) electrons. The number of H-pyrrole nitrogens is 1. The first-order chi connectivity index (χ1) is 9.15. The van der Waals surface area contributed by atoms with Gasteiger partial charge in [0.2, 0.25) is 0 Å². The van der Waals surface area contributed by atoms with Gasteiger partial charge < -0.3 is 5.73 Å². The Kier molecular flexibility index (Phi) is 2.52. The van der Waals surface area contributed by atoms with Gasteiger partial charge in [0.15, 0.2) is 5.78 Å². The molecule has 19 heavy (non-hydrogen) atoms. The number of hydrogen-bond donors (Lipinski definition) is 2. The van der Waals surface area contributed by atoms with Crippen LogP contribution in [-0.2, 0) is 0 Å². The molecule has 0 atom stereocenters. The largest absolute Gasteiger partial charge is 0.383 e. The van der Waals surface area contributed by atoms with Gasteiger partial charge in [0.05, 0.1) is 17.3 Å². The lowest BCUT2D eigenvalue weighted by Gasteiger charge is -2.03. The number of benzene rings is 1. The molecule has 0 amide bonds. The van der Waals surface area contributed by atoms with Gasteiger partial charge in [-0.25, -0.2) is 0 Å². The van der Waals surface area contributed by atoms with Crippen molar-refractivity contribution >= 4 is 22.5 Å². The Hall–Kier alpha value is -2.69. The highest BCUT2D eigenvalue weighted by molar-refractivity contribution is 6.12. The van der Waals surface area contributed by atoms with Gasteiger partial charge in [0.1, 0.15) is 5.82 Å². The van der Waals surface area contributed by atoms with E-state index < -0.39 is 0 Å². The number of nitrogen functional groups attached to an aromatic ring is 1. The number of aryl methyl sites for hydroxylation is 1. The number of nitrogens with one attached hydrogen (secondary N) is 1. The highest BCUT2D eigenvalue weighted by Crippen LogP contribution is 2.19. The number of anilines is 1. The molecule has 0 unspecified atom stereocenters. The summed E-state index contributed by atoms with van der Waals surface area (Å²) in [7, 11) is 0. The van der Waals surface area contributed by atoms with Crippen molar-refractivity contribution in [2.45, 2.75) is 6.92 Å². The number of hydrogen-bond acceptors (Lipinski definition) is 4. The lowest BCUT2D eigenvalue weighted by molar-refractivity contribution is 0.104. The van der Waals surface area contributed by atoms with Crippen LogP contribution in [0.4, 0.5) is 5.82 Å². The molecule has 3 N–H and O–H groups in total. The van der Waals surface area contributed by atoms with Crippen LogP contribution in [-0.4, -0.2) is 21.0 Å². The number of aromatic nitrogens is 3. The summed E-state index contributed by atoms with van der Waals surface area (Å²) >= 11 is 0. The molecule has 94 valence electrons. The number of ketones is 1. The van der Waals surface area contributed by atoms with Crippen molar-refractivity contribution < 1.29 is 4.79 Å². The predicted molar refractivity (Wildman–Crippen MR) is 72.9 cm³/mol. The van der Waals surface area contributed by atoms with E-state index in [4.69, 9.17) is 5.73 Å². The monoisotopic (exact) mass is 252 g/mol.